The topological polar surface area (TPSA) is 104 Å². The van der Waals surface area contributed by atoms with Crippen molar-refractivity contribution in [1.29, 1.82) is 0 Å². The molecule has 1 unspecified atom stereocenters. The number of nitrogens with zero attached hydrogens (tertiary/aromatic N) is 3. The van der Waals surface area contributed by atoms with Crippen LogP contribution < -0.4 is 20.3 Å². The molecule has 1 fully saturated rings. The van der Waals surface area contributed by atoms with Crippen molar-refractivity contribution in [3.63, 3.8) is 0 Å². The standard InChI is InChI=1S/C27H28Cl2N6O3/c1-3-25(36)31-24-12-17(35-8-10-37-11-9-35)4-6-23(24)32-27-19-13-18(5-7-22(19)33-34-27)38-16(2)26-20(28)14-30-15-21(26)29/h4-7,12-16H,3,8-11H2,1-2H3,(H,31,36)(H2,32,33,34). The molecular formula is C27H28Cl2N6O3. The average molecular weight is 555 g/mol. The van der Waals surface area contributed by atoms with Crippen molar-refractivity contribution in [2.75, 3.05) is 41.8 Å². The first-order chi connectivity index (χ1) is 18.4. The lowest BCUT2D eigenvalue weighted by Gasteiger charge is -2.29. The third-order valence-electron chi connectivity index (χ3n) is 6.37. The van der Waals surface area contributed by atoms with Crippen LogP contribution in [0.5, 0.6) is 5.75 Å². The molecule has 1 aliphatic rings. The molecule has 1 saturated heterocycles. The van der Waals surface area contributed by atoms with Crippen molar-refractivity contribution < 1.29 is 14.3 Å². The number of benzene rings is 2. The minimum atomic E-state index is -0.401. The van der Waals surface area contributed by atoms with E-state index in [-0.39, 0.29) is 5.91 Å². The maximum Gasteiger partial charge on any atom is 0.224 e. The summed E-state index contributed by atoms with van der Waals surface area (Å²) in [6.07, 6.45) is 3.06. The maximum absolute atomic E-state index is 12.3. The van der Waals surface area contributed by atoms with E-state index >= 15 is 0 Å². The van der Waals surface area contributed by atoms with Crippen LogP contribution in [0.4, 0.5) is 22.9 Å². The third kappa shape index (κ3) is 5.65. The predicted molar refractivity (Wildman–Crippen MR) is 151 cm³/mol. The molecule has 11 heteroatoms. The van der Waals surface area contributed by atoms with Gasteiger partial charge in [-0.2, -0.15) is 5.10 Å². The number of carbonyl (C=O) groups excluding carboxylic acids is 1. The third-order valence-corrected chi connectivity index (χ3v) is 6.97. The number of H-pyrrole nitrogens is 1. The fourth-order valence-electron chi connectivity index (χ4n) is 4.36. The van der Waals surface area contributed by atoms with Crippen LogP contribution in [0.15, 0.2) is 48.8 Å². The number of fused-ring (bicyclic) bond motifs is 1. The van der Waals surface area contributed by atoms with Gasteiger partial charge in [0.2, 0.25) is 5.91 Å². The molecule has 0 aliphatic carbocycles. The van der Waals surface area contributed by atoms with Crippen LogP contribution in [-0.2, 0) is 9.53 Å². The number of hydrogen-bond donors (Lipinski definition) is 3. The number of nitrogens with one attached hydrogen (secondary N) is 3. The highest BCUT2D eigenvalue weighted by Gasteiger charge is 2.18. The molecule has 2 aromatic carbocycles. The van der Waals surface area contributed by atoms with Gasteiger partial charge < -0.3 is 25.0 Å². The maximum atomic E-state index is 12.3. The number of rotatable bonds is 8. The molecule has 198 valence electrons. The summed E-state index contributed by atoms with van der Waals surface area (Å²) >= 11 is 12.6. The van der Waals surface area contributed by atoms with Gasteiger partial charge >= 0.3 is 0 Å². The summed E-state index contributed by atoms with van der Waals surface area (Å²) in [4.78, 5) is 18.6. The van der Waals surface area contributed by atoms with E-state index in [0.717, 1.165) is 35.4 Å². The smallest absolute Gasteiger partial charge is 0.224 e. The van der Waals surface area contributed by atoms with Gasteiger partial charge in [-0.3, -0.25) is 14.9 Å². The van der Waals surface area contributed by atoms with E-state index in [0.29, 0.717) is 52.5 Å². The molecule has 3 heterocycles. The van der Waals surface area contributed by atoms with E-state index in [9.17, 15) is 4.79 Å². The number of amides is 1. The summed E-state index contributed by atoms with van der Waals surface area (Å²) in [7, 11) is 0. The molecule has 38 heavy (non-hydrogen) atoms. The fourth-order valence-corrected chi connectivity index (χ4v) is 5.04. The zero-order valence-electron chi connectivity index (χ0n) is 21.1. The molecule has 2 aromatic heterocycles. The minimum absolute atomic E-state index is 0.0721. The first kappa shape index (κ1) is 26.1. The van der Waals surface area contributed by atoms with Gasteiger partial charge in [0, 0.05) is 48.5 Å². The lowest BCUT2D eigenvalue weighted by atomic mass is 10.1. The van der Waals surface area contributed by atoms with Crippen molar-refractivity contribution in [2.45, 2.75) is 26.4 Å². The van der Waals surface area contributed by atoms with Crippen molar-refractivity contribution in [1.82, 2.24) is 15.2 Å². The fraction of sp³-hybridized carbons (Fsp3) is 0.296. The van der Waals surface area contributed by atoms with E-state index in [1.54, 1.807) is 12.4 Å². The van der Waals surface area contributed by atoms with Gasteiger partial charge in [0.1, 0.15) is 11.9 Å². The summed E-state index contributed by atoms with van der Waals surface area (Å²) < 4.78 is 11.7. The molecule has 1 aliphatic heterocycles. The second-order valence-corrected chi connectivity index (χ2v) is 9.73. The molecule has 9 nitrogen and oxygen atoms in total. The molecule has 4 aromatic rings. The Kier molecular flexibility index (Phi) is 7.87. The Bertz CT molecular complexity index is 1430. The van der Waals surface area contributed by atoms with Crippen molar-refractivity contribution in [3.05, 3.63) is 64.4 Å². The first-order valence-electron chi connectivity index (χ1n) is 12.4. The van der Waals surface area contributed by atoms with Gasteiger partial charge in [-0.15, -0.1) is 0 Å². The van der Waals surface area contributed by atoms with Gasteiger partial charge in [-0.1, -0.05) is 30.1 Å². The molecule has 0 saturated carbocycles. The lowest BCUT2D eigenvalue weighted by molar-refractivity contribution is -0.115. The Labute approximate surface area is 230 Å². The number of ether oxygens (including phenoxy) is 2. The summed E-state index contributed by atoms with van der Waals surface area (Å²) in [6, 6.07) is 11.6. The number of morpholine rings is 1. The van der Waals surface area contributed by atoms with Crippen molar-refractivity contribution >= 4 is 62.9 Å². The summed E-state index contributed by atoms with van der Waals surface area (Å²) in [5, 5.41) is 15.6. The number of pyridine rings is 1. The van der Waals surface area contributed by atoms with Crippen LogP contribution in [-0.4, -0.2) is 47.4 Å². The van der Waals surface area contributed by atoms with E-state index in [2.05, 4.69) is 30.7 Å². The van der Waals surface area contributed by atoms with Gasteiger partial charge in [-0.05, 0) is 43.3 Å². The second kappa shape index (κ2) is 11.5. The zero-order chi connectivity index (χ0) is 26.6. The van der Waals surface area contributed by atoms with Crippen LogP contribution in [0.2, 0.25) is 10.0 Å². The minimum Gasteiger partial charge on any atom is -0.486 e. The Hall–Kier alpha value is -3.53. The molecule has 0 radical (unpaired) electrons. The number of aromatic amines is 1. The van der Waals surface area contributed by atoms with Crippen LogP contribution in [0, 0.1) is 0 Å². The van der Waals surface area contributed by atoms with Crippen LogP contribution in [0.25, 0.3) is 10.9 Å². The van der Waals surface area contributed by atoms with E-state index in [1.807, 2.05) is 50.2 Å². The van der Waals surface area contributed by atoms with Gasteiger partial charge in [0.25, 0.3) is 0 Å². The van der Waals surface area contributed by atoms with E-state index in [4.69, 9.17) is 32.7 Å². The summed E-state index contributed by atoms with van der Waals surface area (Å²) in [5.41, 5.74) is 3.93. The molecule has 0 bridgehead atoms. The van der Waals surface area contributed by atoms with Crippen molar-refractivity contribution in [2.24, 2.45) is 0 Å². The molecule has 1 atom stereocenters. The number of hydrogen-bond acceptors (Lipinski definition) is 7. The highest BCUT2D eigenvalue weighted by Crippen LogP contribution is 2.36. The SMILES string of the molecule is CCC(=O)Nc1cc(N2CCOCC2)ccc1Nc1n[nH]c2ccc(OC(C)c3c(Cl)cncc3Cl)cc12. The molecule has 5 rings (SSSR count). The highest BCUT2D eigenvalue weighted by molar-refractivity contribution is 6.35. The Balaban J connectivity index is 1.42. The van der Waals surface area contributed by atoms with Gasteiger partial charge in [-0.25, -0.2) is 0 Å². The molecular weight excluding hydrogens is 527 g/mol. The number of carbonyl (C=O) groups is 1. The lowest BCUT2D eigenvalue weighted by Crippen LogP contribution is -2.36. The van der Waals surface area contributed by atoms with Crippen LogP contribution in [0.1, 0.15) is 31.9 Å². The Morgan fingerprint density at radius 1 is 1.13 bits per heavy atom. The zero-order valence-corrected chi connectivity index (χ0v) is 22.6. The van der Waals surface area contributed by atoms with Gasteiger partial charge in [0.05, 0.1) is 40.2 Å². The summed E-state index contributed by atoms with van der Waals surface area (Å²) in [6.45, 7) is 6.66. The first-order valence-corrected chi connectivity index (χ1v) is 13.2. The molecule has 1 amide bonds. The van der Waals surface area contributed by atoms with E-state index in [1.165, 1.54) is 0 Å². The number of halogens is 2. The largest absolute Gasteiger partial charge is 0.486 e. The predicted octanol–water partition coefficient (Wildman–Crippen LogP) is 6.33. The highest BCUT2D eigenvalue weighted by atomic mass is 35.5. The number of aromatic nitrogens is 3. The Morgan fingerprint density at radius 3 is 2.63 bits per heavy atom. The normalized spacial score (nSPS) is 14.4. The quantitative estimate of drug-likeness (QED) is 0.233. The monoisotopic (exact) mass is 554 g/mol. The van der Waals surface area contributed by atoms with Crippen LogP contribution >= 0.6 is 23.2 Å². The summed E-state index contributed by atoms with van der Waals surface area (Å²) in [5.74, 6) is 1.15. The second-order valence-electron chi connectivity index (χ2n) is 8.91. The average Bonchev–Trinajstić information content (AvgIpc) is 3.31. The molecule has 3 N–H and O–H groups in total. The van der Waals surface area contributed by atoms with Crippen molar-refractivity contribution in [3.8, 4) is 5.75 Å². The van der Waals surface area contributed by atoms with E-state index < -0.39 is 6.10 Å². The van der Waals surface area contributed by atoms with Crippen LogP contribution in [0.3, 0.4) is 0 Å². The number of anilines is 4. The molecule has 0 spiro atoms. The van der Waals surface area contributed by atoms with Gasteiger partial charge in [0.15, 0.2) is 5.82 Å². The Morgan fingerprint density at radius 2 is 1.89 bits per heavy atom.